The van der Waals surface area contributed by atoms with Crippen LogP contribution in [0.4, 0.5) is 4.79 Å². The van der Waals surface area contributed by atoms with Gasteiger partial charge in [0.15, 0.2) is 0 Å². The normalized spacial score (nSPS) is 21.9. The maximum absolute atomic E-state index is 13.2. The topological polar surface area (TPSA) is 82.2 Å². The molecule has 0 unspecified atom stereocenters. The van der Waals surface area contributed by atoms with E-state index in [9.17, 15) is 14.4 Å². The molecular weight excluding hydrogens is 456 g/mol. The molecule has 4 rings (SSSR count). The van der Waals surface area contributed by atoms with Crippen molar-refractivity contribution in [3.05, 3.63) is 46.1 Å². The summed E-state index contributed by atoms with van der Waals surface area (Å²) >= 11 is 6.07. The fourth-order valence-corrected chi connectivity index (χ4v) is 4.84. The Hall–Kier alpha value is -2.58. The van der Waals surface area contributed by atoms with Crippen LogP contribution in [0.3, 0.4) is 0 Å². The highest BCUT2D eigenvalue weighted by Crippen LogP contribution is 2.33. The number of benzene rings is 1. The van der Waals surface area contributed by atoms with Crippen LogP contribution in [0.1, 0.15) is 44.7 Å². The first-order valence-corrected chi connectivity index (χ1v) is 12.6. The zero-order valence-electron chi connectivity index (χ0n) is 19.9. The van der Waals surface area contributed by atoms with Crippen LogP contribution in [-0.2, 0) is 14.3 Å². The van der Waals surface area contributed by atoms with E-state index in [-0.39, 0.29) is 24.5 Å². The Labute approximate surface area is 205 Å². The van der Waals surface area contributed by atoms with Gasteiger partial charge in [0.25, 0.3) is 0 Å². The molecule has 1 atom stereocenters. The van der Waals surface area contributed by atoms with Crippen molar-refractivity contribution >= 4 is 29.5 Å². The van der Waals surface area contributed by atoms with E-state index in [1.807, 2.05) is 24.0 Å². The number of nitrogens with one attached hydrogen (secondary N) is 1. The van der Waals surface area contributed by atoms with Gasteiger partial charge < -0.3 is 15.0 Å². The zero-order valence-corrected chi connectivity index (χ0v) is 20.6. The van der Waals surface area contributed by atoms with Gasteiger partial charge in [0.1, 0.15) is 0 Å². The molecule has 0 spiro atoms. The predicted molar refractivity (Wildman–Crippen MR) is 129 cm³/mol. The van der Waals surface area contributed by atoms with Crippen LogP contribution in [0.25, 0.3) is 0 Å². The van der Waals surface area contributed by atoms with E-state index in [0.29, 0.717) is 42.5 Å². The van der Waals surface area contributed by atoms with Crippen LogP contribution in [0.2, 0.25) is 5.02 Å². The second-order valence-corrected chi connectivity index (χ2v) is 9.42. The molecule has 8 nitrogen and oxygen atoms in total. The third kappa shape index (κ3) is 5.39. The van der Waals surface area contributed by atoms with Gasteiger partial charge in [0, 0.05) is 55.9 Å². The third-order valence-electron chi connectivity index (χ3n) is 6.65. The Balaban J connectivity index is 1.64. The lowest BCUT2D eigenvalue weighted by Gasteiger charge is -2.38. The molecule has 9 heteroatoms. The lowest BCUT2D eigenvalue weighted by molar-refractivity contribution is -0.139. The van der Waals surface area contributed by atoms with Gasteiger partial charge in [0.2, 0.25) is 5.91 Å². The lowest BCUT2D eigenvalue weighted by atomic mass is 9.94. The van der Waals surface area contributed by atoms with Crippen molar-refractivity contribution in [2.24, 2.45) is 5.92 Å². The fraction of sp³-hybridized carbons (Fsp3) is 0.560. The molecule has 3 aliphatic rings. The number of esters is 1. The molecule has 0 radical (unpaired) electrons. The summed E-state index contributed by atoms with van der Waals surface area (Å²) in [6, 6.07) is 6.26. The molecular formula is C25H33ClN4O4. The largest absolute Gasteiger partial charge is 0.463 e. The highest BCUT2D eigenvalue weighted by Gasteiger charge is 2.39. The van der Waals surface area contributed by atoms with E-state index in [4.69, 9.17) is 16.3 Å². The maximum Gasteiger partial charge on any atom is 0.338 e. The van der Waals surface area contributed by atoms with Crippen molar-refractivity contribution in [1.29, 1.82) is 0 Å². The Morgan fingerprint density at radius 1 is 1.09 bits per heavy atom. The molecule has 0 bridgehead atoms. The van der Waals surface area contributed by atoms with E-state index < -0.39 is 12.0 Å². The number of amides is 3. The second-order valence-electron chi connectivity index (χ2n) is 8.99. The first-order valence-electron chi connectivity index (χ1n) is 12.2. The fourth-order valence-electron chi connectivity index (χ4n) is 4.71. The average molecular weight is 489 g/mol. The first kappa shape index (κ1) is 24.5. The van der Waals surface area contributed by atoms with Crippen LogP contribution in [-0.4, -0.2) is 78.5 Å². The number of ether oxygens (including phenoxy) is 1. The number of halogens is 1. The number of likely N-dealkylation sites (N-methyl/N-ethyl adjacent to an activating group) is 1. The van der Waals surface area contributed by atoms with Gasteiger partial charge in [-0.1, -0.05) is 23.7 Å². The van der Waals surface area contributed by atoms with E-state index in [2.05, 4.69) is 10.2 Å². The van der Waals surface area contributed by atoms with Crippen molar-refractivity contribution in [3.8, 4) is 0 Å². The van der Waals surface area contributed by atoms with Gasteiger partial charge >= 0.3 is 12.0 Å². The molecule has 1 saturated heterocycles. The number of rotatable bonds is 7. The molecule has 1 N–H and O–H groups in total. The van der Waals surface area contributed by atoms with Crippen LogP contribution in [0, 0.1) is 5.92 Å². The Bertz CT molecular complexity index is 960. The summed E-state index contributed by atoms with van der Waals surface area (Å²) in [5.41, 5.74) is 1.87. The Morgan fingerprint density at radius 2 is 1.82 bits per heavy atom. The van der Waals surface area contributed by atoms with Gasteiger partial charge in [-0.2, -0.15) is 0 Å². The molecule has 1 aliphatic carbocycles. The monoisotopic (exact) mass is 488 g/mol. The molecule has 1 aromatic carbocycles. The highest BCUT2D eigenvalue weighted by atomic mass is 35.5. The number of urea groups is 1. The van der Waals surface area contributed by atoms with Gasteiger partial charge in [0.05, 0.1) is 18.2 Å². The summed E-state index contributed by atoms with van der Waals surface area (Å²) in [7, 11) is 0. The quantitative estimate of drug-likeness (QED) is 0.596. The summed E-state index contributed by atoms with van der Waals surface area (Å²) in [5.74, 6) is 0.0435. The molecule has 184 valence electrons. The highest BCUT2D eigenvalue weighted by molar-refractivity contribution is 6.30. The van der Waals surface area contributed by atoms with Crippen LogP contribution in [0.5, 0.6) is 0 Å². The summed E-state index contributed by atoms with van der Waals surface area (Å²) in [4.78, 5) is 44.7. The smallest absolute Gasteiger partial charge is 0.338 e. The molecule has 1 saturated carbocycles. The lowest BCUT2D eigenvalue weighted by Crippen LogP contribution is -2.51. The van der Waals surface area contributed by atoms with Gasteiger partial charge in [-0.3, -0.25) is 14.6 Å². The van der Waals surface area contributed by atoms with Gasteiger partial charge in [-0.15, -0.1) is 0 Å². The minimum absolute atomic E-state index is 0.211. The summed E-state index contributed by atoms with van der Waals surface area (Å²) in [6.45, 7) is 7.67. The van der Waals surface area contributed by atoms with Crippen molar-refractivity contribution in [2.75, 3.05) is 45.9 Å². The predicted octanol–water partition coefficient (Wildman–Crippen LogP) is 3.19. The van der Waals surface area contributed by atoms with Crippen LogP contribution >= 0.6 is 11.6 Å². The van der Waals surface area contributed by atoms with Crippen LogP contribution in [0.15, 0.2) is 35.5 Å². The first-order chi connectivity index (χ1) is 16.4. The Morgan fingerprint density at radius 3 is 2.47 bits per heavy atom. The molecule has 2 aliphatic heterocycles. The number of carbonyl (C=O) groups excluding carboxylic acids is 3. The molecule has 2 heterocycles. The summed E-state index contributed by atoms with van der Waals surface area (Å²) in [6.07, 6.45) is 2.86. The summed E-state index contributed by atoms with van der Waals surface area (Å²) < 4.78 is 5.44. The average Bonchev–Trinajstić information content (AvgIpc) is 3.67. The standard InChI is InChI=1S/C25H33ClN4O4/c1-3-30-20(16-28-12-5-13-29(15-14-28)23(31)18-6-7-18)21(24(32)34-4-2)22(27-25(30)33)17-8-10-19(26)11-9-17/h8-11,18,22H,3-7,12-16H2,1-2H3,(H,27,33)/t22-/m1/s1. The second kappa shape index (κ2) is 10.8. The van der Waals surface area contributed by atoms with Crippen LogP contribution < -0.4 is 5.32 Å². The van der Waals surface area contributed by atoms with Crippen molar-refractivity contribution in [1.82, 2.24) is 20.0 Å². The summed E-state index contributed by atoms with van der Waals surface area (Å²) in [5, 5.41) is 3.56. The number of carbonyl (C=O) groups is 3. The van der Waals surface area contributed by atoms with Gasteiger partial charge in [-0.25, -0.2) is 9.59 Å². The number of nitrogens with zero attached hydrogens (tertiary/aromatic N) is 3. The zero-order chi connectivity index (χ0) is 24.2. The molecule has 2 fully saturated rings. The van der Waals surface area contributed by atoms with E-state index in [0.717, 1.165) is 37.9 Å². The Kier molecular flexibility index (Phi) is 7.78. The van der Waals surface area contributed by atoms with E-state index >= 15 is 0 Å². The minimum Gasteiger partial charge on any atom is -0.463 e. The SMILES string of the molecule is CCOC(=O)C1=C(CN2CCCN(C(=O)C3CC3)CC2)N(CC)C(=O)N[C@@H]1c1ccc(Cl)cc1. The molecule has 3 amide bonds. The van der Waals surface area contributed by atoms with E-state index in [1.165, 1.54) is 0 Å². The molecule has 0 aromatic heterocycles. The number of hydrogen-bond donors (Lipinski definition) is 1. The third-order valence-corrected chi connectivity index (χ3v) is 6.91. The van der Waals surface area contributed by atoms with E-state index in [1.54, 1.807) is 24.0 Å². The van der Waals surface area contributed by atoms with Crippen molar-refractivity contribution in [3.63, 3.8) is 0 Å². The van der Waals surface area contributed by atoms with Gasteiger partial charge in [-0.05, 0) is 50.8 Å². The minimum atomic E-state index is -0.624. The maximum atomic E-state index is 13.2. The van der Waals surface area contributed by atoms with Crippen molar-refractivity contribution < 1.29 is 19.1 Å². The van der Waals surface area contributed by atoms with Crippen molar-refractivity contribution in [2.45, 2.75) is 39.2 Å². The molecule has 1 aromatic rings. The number of hydrogen-bond acceptors (Lipinski definition) is 5. The molecule has 34 heavy (non-hydrogen) atoms.